The lowest BCUT2D eigenvalue weighted by Crippen LogP contribution is -2.31. The molecule has 4 aromatic rings. The van der Waals surface area contributed by atoms with Crippen LogP contribution < -0.4 is 22.6 Å². The van der Waals surface area contributed by atoms with Crippen LogP contribution in [0.15, 0.2) is 46.2 Å². The number of carbonyl (C=O) groups excluding carboxylic acids is 2. The lowest BCUT2D eigenvalue weighted by atomic mass is 9.91. The van der Waals surface area contributed by atoms with E-state index >= 15 is 0 Å². The van der Waals surface area contributed by atoms with E-state index in [1.807, 2.05) is 0 Å². The molecule has 6 rings (SSSR count). The second-order valence-electron chi connectivity index (χ2n) is 12.3. The monoisotopic (exact) mass is 570 g/mol. The number of hydrogen-bond donors (Lipinski definition) is 2. The van der Waals surface area contributed by atoms with Crippen molar-refractivity contribution in [1.29, 1.82) is 0 Å². The summed E-state index contributed by atoms with van der Waals surface area (Å²) in [7, 11) is 0. The number of benzene rings is 2. The van der Waals surface area contributed by atoms with Crippen LogP contribution in [0.2, 0.25) is 0 Å². The van der Waals surface area contributed by atoms with Gasteiger partial charge in [0.05, 0.1) is 27.9 Å². The molecule has 2 aliphatic rings. The van der Waals surface area contributed by atoms with E-state index in [4.69, 9.17) is 20.9 Å². The number of esters is 2. The third-order valence-electron chi connectivity index (χ3n) is 8.63. The number of nitrogens with zero attached hydrogens (tertiary/aromatic N) is 2. The number of nitrogen functional groups attached to an aromatic ring is 2. The Morgan fingerprint density at radius 2 is 1.29 bits per heavy atom. The highest BCUT2D eigenvalue weighted by molar-refractivity contribution is 6.12. The predicted molar refractivity (Wildman–Crippen MR) is 161 cm³/mol. The fraction of sp³-hybridized carbons (Fsp3) is 0.375. The number of cyclic esters (lactones) is 2. The highest BCUT2D eigenvalue weighted by Crippen LogP contribution is 2.42. The largest absolute Gasteiger partial charge is 0.451 e. The Bertz CT molecular complexity index is 1970. The standard InChI is InChI=1S/C32H34N4O6/c1-6-7-8-16(36-12-10-18-24-20(32(4,5)42-30(24)40)14-22(34)26(18)28(36)38)15-35-11-9-17-23-19(31(2,3)41-29(23)39)13-21(33)25(17)27(35)37/h9-14,16H,6-8,15,33-34H2,1-5H3. The lowest BCUT2D eigenvalue weighted by Gasteiger charge is -2.23. The minimum absolute atomic E-state index is 0.187. The summed E-state index contributed by atoms with van der Waals surface area (Å²) in [5.74, 6) is -0.976. The maximum atomic E-state index is 14.0. The fourth-order valence-corrected chi connectivity index (χ4v) is 6.47. The molecule has 0 aliphatic carbocycles. The molecule has 0 amide bonds. The number of rotatable bonds is 6. The first-order valence-corrected chi connectivity index (χ1v) is 14.2. The van der Waals surface area contributed by atoms with Crippen LogP contribution in [-0.4, -0.2) is 21.1 Å². The second kappa shape index (κ2) is 9.20. The molecule has 10 heteroatoms. The maximum Gasteiger partial charge on any atom is 0.340 e. The summed E-state index contributed by atoms with van der Waals surface area (Å²) in [5, 5.41) is 1.40. The first-order chi connectivity index (χ1) is 19.8. The Morgan fingerprint density at radius 1 is 0.786 bits per heavy atom. The SMILES string of the molecule is CCCCC(Cn1ccc2c3c(cc(N)c2c1=O)C(C)(C)OC3=O)n1ccc2c3c(cc(N)c2c1=O)C(C)(C)OC3=O. The number of pyridine rings is 2. The van der Waals surface area contributed by atoms with Gasteiger partial charge < -0.3 is 30.1 Å². The van der Waals surface area contributed by atoms with Crippen LogP contribution in [0, 0.1) is 0 Å². The first kappa shape index (κ1) is 27.6. The average Bonchev–Trinajstić information content (AvgIpc) is 3.28. The summed E-state index contributed by atoms with van der Waals surface area (Å²) in [5.41, 5.74) is 12.9. The number of anilines is 2. The Balaban J connectivity index is 1.48. The third-order valence-corrected chi connectivity index (χ3v) is 8.63. The normalized spacial score (nSPS) is 17.3. The quantitative estimate of drug-likeness (QED) is 0.250. The van der Waals surface area contributed by atoms with Crippen molar-refractivity contribution in [3.63, 3.8) is 0 Å². The maximum absolute atomic E-state index is 14.0. The van der Waals surface area contributed by atoms with Crippen LogP contribution in [0.3, 0.4) is 0 Å². The van der Waals surface area contributed by atoms with Crippen molar-refractivity contribution in [3.8, 4) is 0 Å². The van der Waals surface area contributed by atoms with E-state index in [2.05, 4.69) is 6.92 Å². The van der Waals surface area contributed by atoms with Crippen LogP contribution in [0.5, 0.6) is 0 Å². The molecule has 218 valence electrons. The Hall–Kier alpha value is -4.60. The van der Waals surface area contributed by atoms with Gasteiger partial charge in [-0.25, -0.2) is 9.59 Å². The van der Waals surface area contributed by atoms with Gasteiger partial charge in [0, 0.05) is 52.2 Å². The molecule has 4 heterocycles. The first-order valence-electron chi connectivity index (χ1n) is 14.2. The minimum atomic E-state index is -0.848. The molecule has 2 aliphatic heterocycles. The van der Waals surface area contributed by atoms with Crippen molar-refractivity contribution in [3.05, 3.63) is 79.6 Å². The molecule has 4 N–H and O–H groups in total. The Morgan fingerprint density at radius 3 is 1.81 bits per heavy atom. The molecule has 1 unspecified atom stereocenters. The molecule has 0 radical (unpaired) electrons. The van der Waals surface area contributed by atoms with Gasteiger partial charge in [0.15, 0.2) is 0 Å². The fourth-order valence-electron chi connectivity index (χ4n) is 6.47. The summed E-state index contributed by atoms with van der Waals surface area (Å²) < 4.78 is 14.2. The molecule has 10 nitrogen and oxygen atoms in total. The van der Waals surface area contributed by atoms with Gasteiger partial charge in [-0.15, -0.1) is 0 Å². The van der Waals surface area contributed by atoms with Crippen molar-refractivity contribution in [1.82, 2.24) is 9.13 Å². The van der Waals surface area contributed by atoms with E-state index < -0.39 is 29.2 Å². The van der Waals surface area contributed by atoms with E-state index in [9.17, 15) is 19.2 Å². The summed E-state index contributed by atoms with van der Waals surface area (Å²) in [6.07, 6.45) is 5.61. The van der Waals surface area contributed by atoms with E-state index in [-0.39, 0.29) is 39.8 Å². The molecular formula is C32H34N4O6. The molecule has 0 saturated carbocycles. The number of carbonyl (C=O) groups is 2. The molecule has 0 bridgehead atoms. The summed E-state index contributed by atoms with van der Waals surface area (Å²) in [6, 6.07) is 6.34. The highest BCUT2D eigenvalue weighted by atomic mass is 16.6. The molecule has 2 aromatic carbocycles. The van der Waals surface area contributed by atoms with Gasteiger partial charge in [0.1, 0.15) is 11.2 Å². The van der Waals surface area contributed by atoms with E-state index in [1.165, 1.54) is 4.57 Å². The third kappa shape index (κ3) is 3.92. The molecule has 0 spiro atoms. The number of aromatic nitrogens is 2. The van der Waals surface area contributed by atoms with Crippen molar-refractivity contribution in [2.75, 3.05) is 11.5 Å². The van der Waals surface area contributed by atoms with Gasteiger partial charge in [-0.05, 0) is 58.4 Å². The number of unbranched alkanes of at least 4 members (excludes halogenated alkanes) is 1. The molecule has 42 heavy (non-hydrogen) atoms. The van der Waals surface area contributed by atoms with E-state index in [1.54, 1.807) is 68.9 Å². The van der Waals surface area contributed by atoms with Gasteiger partial charge >= 0.3 is 11.9 Å². The van der Waals surface area contributed by atoms with Crippen LogP contribution >= 0.6 is 0 Å². The van der Waals surface area contributed by atoms with E-state index in [0.29, 0.717) is 39.4 Å². The van der Waals surface area contributed by atoms with Crippen LogP contribution in [0.4, 0.5) is 11.4 Å². The van der Waals surface area contributed by atoms with Crippen molar-refractivity contribution in [2.24, 2.45) is 0 Å². The number of nitrogens with two attached hydrogens (primary N) is 2. The molecule has 0 fully saturated rings. The molecule has 1 atom stereocenters. The molecular weight excluding hydrogens is 536 g/mol. The van der Waals surface area contributed by atoms with Gasteiger partial charge in [0.2, 0.25) is 0 Å². The molecule has 0 saturated heterocycles. The Kier molecular flexibility index (Phi) is 6.04. The van der Waals surface area contributed by atoms with E-state index in [0.717, 1.165) is 12.8 Å². The smallest absolute Gasteiger partial charge is 0.340 e. The van der Waals surface area contributed by atoms with Crippen LogP contribution in [0.25, 0.3) is 21.5 Å². The lowest BCUT2D eigenvalue weighted by molar-refractivity contribution is 0.00850. The van der Waals surface area contributed by atoms with Crippen molar-refractivity contribution < 1.29 is 19.1 Å². The topological polar surface area (TPSA) is 149 Å². The zero-order valence-corrected chi connectivity index (χ0v) is 24.4. The highest BCUT2D eigenvalue weighted by Gasteiger charge is 2.41. The zero-order valence-electron chi connectivity index (χ0n) is 24.4. The minimum Gasteiger partial charge on any atom is -0.451 e. The predicted octanol–water partition coefficient (Wildman–Crippen LogP) is 4.72. The van der Waals surface area contributed by atoms with Gasteiger partial charge in [-0.1, -0.05) is 19.8 Å². The number of fused-ring (bicyclic) bond motifs is 6. The van der Waals surface area contributed by atoms with Crippen LogP contribution in [-0.2, 0) is 27.2 Å². The van der Waals surface area contributed by atoms with Crippen molar-refractivity contribution >= 4 is 44.9 Å². The average molecular weight is 571 g/mol. The molecule has 2 aromatic heterocycles. The zero-order chi connectivity index (χ0) is 30.3. The summed E-state index contributed by atoms with van der Waals surface area (Å²) in [4.78, 5) is 53.3. The second-order valence-corrected chi connectivity index (χ2v) is 12.3. The Labute approximate surface area is 241 Å². The van der Waals surface area contributed by atoms with Gasteiger partial charge in [0.25, 0.3) is 11.1 Å². The number of ether oxygens (including phenoxy) is 2. The van der Waals surface area contributed by atoms with Crippen LogP contribution in [0.1, 0.15) is 91.8 Å². The summed E-state index contributed by atoms with van der Waals surface area (Å²) in [6.45, 7) is 9.39. The van der Waals surface area contributed by atoms with Gasteiger partial charge in [-0.3, -0.25) is 9.59 Å². The van der Waals surface area contributed by atoms with Gasteiger partial charge in [-0.2, -0.15) is 0 Å². The van der Waals surface area contributed by atoms with Crippen molar-refractivity contribution in [2.45, 2.75) is 77.7 Å². The number of hydrogen-bond acceptors (Lipinski definition) is 8. The summed E-state index contributed by atoms with van der Waals surface area (Å²) >= 11 is 0.